The molecule has 1 aromatic heterocycles. The van der Waals surface area contributed by atoms with Crippen molar-refractivity contribution in [3.63, 3.8) is 0 Å². The lowest BCUT2D eigenvalue weighted by Gasteiger charge is -2.08. The molecule has 0 aliphatic heterocycles. The minimum absolute atomic E-state index is 0.219. The number of nitrogens with one attached hydrogen (secondary N) is 2. The van der Waals surface area contributed by atoms with E-state index in [-0.39, 0.29) is 11.5 Å². The fourth-order valence-corrected chi connectivity index (χ4v) is 2.20. The number of aromatic nitrogens is 1. The van der Waals surface area contributed by atoms with Gasteiger partial charge in [-0.05, 0) is 48.0 Å². The van der Waals surface area contributed by atoms with Gasteiger partial charge in [0, 0.05) is 12.2 Å². The van der Waals surface area contributed by atoms with E-state index in [2.05, 4.69) is 15.6 Å². The van der Waals surface area contributed by atoms with Gasteiger partial charge in [-0.25, -0.2) is 13.8 Å². The highest BCUT2D eigenvalue weighted by Crippen LogP contribution is 2.13. The van der Waals surface area contributed by atoms with Crippen LogP contribution in [0.2, 0.25) is 0 Å². The molecule has 2 aromatic carbocycles. The molecule has 1 amide bonds. The van der Waals surface area contributed by atoms with Crippen molar-refractivity contribution >= 4 is 17.3 Å². The van der Waals surface area contributed by atoms with Gasteiger partial charge < -0.3 is 10.6 Å². The SMILES string of the molecule is O=C(Nc1cccc(F)c1)c1ccc(NCc2ccc(F)cc2)cn1. The Balaban J connectivity index is 1.59. The molecule has 0 saturated carbocycles. The van der Waals surface area contributed by atoms with Crippen LogP contribution in [0.4, 0.5) is 20.2 Å². The zero-order chi connectivity index (χ0) is 17.6. The zero-order valence-electron chi connectivity index (χ0n) is 13.2. The number of benzene rings is 2. The molecule has 6 heteroatoms. The average molecular weight is 339 g/mol. The Bertz CT molecular complexity index is 865. The van der Waals surface area contributed by atoms with Gasteiger partial charge in [0.15, 0.2) is 0 Å². The third-order valence-electron chi connectivity index (χ3n) is 3.49. The predicted molar refractivity (Wildman–Crippen MR) is 92.3 cm³/mol. The lowest BCUT2D eigenvalue weighted by Crippen LogP contribution is -2.13. The maximum absolute atomic E-state index is 13.1. The van der Waals surface area contributed by atoms with Crippen molar-refractivity contribution in [2.75, 3.05) is 10.6 Å². The summed E-state index contributed by atoms with van der Waals surface area (Å²) in [5.74, 6) is -1.12. The molecular formula is C19H15F2N3O. The standard InChI is InChI=1S/C19H15F2N3O/c20-14-6-4-13(5-7-14)11-22-17-8-9-18(23-12-17)19(25)24-16-3-1-2-15(21)10-16/h1-10,12,22H,11H2,(H,24,25). The normalized spacial score (nSPS) is 10.3. The summed E-state index contributed by atoms with van der Waals surface area (Å²) in [6.07, 6.45) is 1.53. The van der Waals surface area contributed by atoms with Crippen LogP contribution in [0.3, 0.4) is 0 Å². The van der Waals surface area contributed by atoms with Crippen LogP contribution >= 0.6 is 0 Å². The second kappa shape index (κ2) is 7.53. The molecule has 3 aromatic rings. The van der Waals surface area contributed by atoms with Crippen LogP contribution in [-0.4, -0.2) is 10.9 Å². The summed E-state index contributed by atoms with van der Waals surface area (Å²) in [7, 11) is 0. The molecule has 0 aliphatic carbocycles. The Kier molecular flexibility index (Phi) is 4.99. The van der Waals surface area contributed by atoms with Gasteiger partial charge in [-0.3, -0.25) is 4.79 Å². The molecule has 25 heavy (non-hydrogen) atoms. The fourth-order valence-electron chi connectivity index (χ4n) is 2.20. The first-order chi connectivity index (χ1) is 12.1. The van der Waals surface area contributed by atoms with Gasteiger partial charge in [0.25, 0.3) is 5.91 Å². The monoisotopic (exact) mass is 339 g/mol. The van der Waals surface area contributed by atoms with Crippen LogP contribution in [-0.2, 0) is 6.54 Å². The number of pyridine rings is 1. The highest BCUT2D eigenvalue weighted by atomic mass is 19.1. The highest BCUT2D eigenvalue weighted by Gasteiger charge is 2.08. The molecule has 2 N–H and O–H groups in total. The number of carbonyl (C=O) groups excluding carboxylic acids is 1. The Labute approximate surface area is 143 Å². The molecule has 126 valence electrons. The van der Waals surface area contributed by atoms with E-state index in [1.807, 2.05) is 0 Å². The number of hydrogen-bond acceptors (Lipinski definition) is 3. The predicted octanol–water partition coefficient (Wildman–Crippen LogP) is 4.22. The maximum Gasteiger partial charge on any atom is 0.274 e. The van der Waals surface area contributed by atoms with E-state index in [4.69, 9.17) is 0 Å². The van der Waals surface area contributed by atoms with E-state index in [1.165, 1.54) is 36.5 Å². The number of hydrogen-bond donors (Lipinski definition) is 2. The van der Waals surface area contributed by atoms with Gasteiger partial charge in [-0.15, -0.1) is 0 Å². The highest BCUT2D eigenvalue weighted by molar-refractivity contribution is 6.02. The van der Waals surface area contributed by atoms with Crippen molar-refractivity contribution in [2.45, 2.75) is 6.54 Å². The largest absolute Gasteiger partial charge is 0.380 e. The van der Waals surface area contributed by atoms with Crippen molar-refractivity contribution in [3.05, 3.63) is 89.8 Å². The van der Waals surface area contributed by atoms with Crippen LogP contribution < -0.4 is 10.6 Å². The molecule has 0 unspecified atom stereocenters. The average Bonchev–Trinajstić information content (AvgIpc) is 2.62. The van der Waals surface area contributed by atoms with Crippen LogP contribution in [0.25, 0.3) is 0 Å². The quantitative estimate of drug-likeness (QED) is 0.732. The summed E-state index contributed by atoms with van der Waals surface area (Å²) < 4.78 is 26.0. The van der Waals surface area contributed by atoms with Crippen molar-refractivity contribution < 1.29 is 13.6 Å². The second-order valence-electron chi connectivity index (χ2n) is 5.38. The van der Waals surface area contributed by atoms with Gasteiger partial charge in [0.1, 0.15) is 17.3 Å². The zero-order valence-corrected chi connectivity index (χ0v) is 13.2. The minimum Gasteiger partial charge on any atom is -0.380 e. The fraction of sp³-hybridized carbons (Fsp3) is 0.0526. The molecule has 3 rings (SSSR count). The molecule has 0 atom stereocenters. The Morgan fingerprint density at radius 1 is 0.920 bits per heavy atom. The molecule has 0 bridgehead atoms. The minimum atomic E-state index is -0.425. The first kappa shape index (κ1) is 16.6. The van der Waals surface area contributed by atoms with E-state index in [0.29, 0.717) is 12.2 Å². The third kappa shape index (κ3) is 4.60. The molecule has 0 spiro atoms. The van der Waals surface area contributed by atoms with Crippen LogP contribution in [0.5, 0.6) is 0 Å². The first-order valence-corrected chi connectivity index (χ1v) is 7.61. The molecule has 0 aliphatic rings. The molecular weight excluding hydrogens is 324 g/mol. The van der Waals surface area contributed by atoms with E-state index in [1.54, 1.807) is 30.3 Å². The smallest absolute Gasteiger partial charge is 0.274 e. The van der Waals surface area contributed by atoms with Gasteiger partial charge >= 0.3 is 0 Å². The van der Waals surface area contributed by atoms with Gasteiger partial charge in [-0.1, -0.05) is 18.2 Å². The van der Waals surface area contributed by atoms with Gasteiger partial charge in [-0.2, -0.15) is 0 Å². The summed E-state index contributed by atoms with van der Waals surface area (Å²) >= 11 is 0. The van der Waals surface area contributed by atoms with Crippen LogP contribution in [0.15, 0.2) is 66.9 Å². The van der Waals surface area contributed by atoms with Crippen LogP contribution in [0.1, 0.15) is 16.1 Å². The Hall–Kier alpha value is -3.28. The number of nitrogens with zero attached hydrogens (tertiary/aromatic N) is 1. The van der Waals surface area contributed by atoms with E-state index < -0.39 is 11.7 Å². The summed E-state index contributed by atoms with van der Waals surface area (Å²) in [5.41, 5.74) is 2.24. The summed E-state index contributed by atoms with van der Waals surface area (Å²) in [5, 5.41) is 5.72. The van der Waals surface area contributed by atoms with Crippen molar-refractivity contribution in [3.8, 4) is 0 Å². The number of carbonyl (C=O) groups is 1. The molecule has 0 fully saturated rings. The van der Waals surface area contributed by atoms with Gasteiger partial charge in [0.2, 0.25) is 0 Å². The van der Waals surface area contributed by atoms with E-state index in [0.717, 1.165) is 11.3 Å². The number of amides is 1. The summed E-state index contributed by atoms with van der Waals surface area (Å²) in [6.45, 7) is 0.511. The third-order valence-corrected chi connectivity index (χ3v) is 3.49. The summed E-state index contributed by atoms with van der Waals surface area (Å²) in [6, 6.07) is 15.1. The van der Waals surface area contributed by atoms with E-state index >= 15 is 0 Å². The first-order valence-electron chi connectivity index (χ1n) is 7.61. The van der Waals surface area contributed by atoms with Crippen molar-refractivity contribution in [1.82, 2.24) is 4.98 Å². The van der Waals surface area contributed by atoms with Crippen molar-refractivity contribution in [1.29, 1.82) is 0 Å². The Morgan fingerprint density at radius 2 is 1.72 bits per heavy atom. The van der Waals surface area contributed by atoms with Crippen molar-refractivity contribution in [2.24, 2.45) is 0 Å². The van der Waals surface area contributed by atoms with Crippen LogP contribution in [0, 0.1) is 11.6 Å². The molecule has 0 saturated heterocycles. The topological polar surface area (TPSA) is 54.0 Å². The van der Waals surface area contributed by atoms with Gasteiger partial charge in [0.05, 0.1) is 11.9 Å². The molecule has 0 radical (unpaired) electrons. The lowest BCUT2D eigenvalue weighted by atomic mass is 10.2. The number of anilines is 2. The van der Waals surface area contributed by atoms with E-state index in [9.17, 15) is 13.6 Å². The second-order valence-corrected chi connectivity index (χ2v) is 5.38. The lowest BCUT2D eigenvalue weighted by molar-refractivity contribution is 0.102. The number of halogens is 2. The molecule has 4 nitrogen and oxygen atoms in total. The number of rotatable bonds is 5. The summed E-state index contributed by atoms with van der Waals surface area (Å²) in [4.78, 5) is 16.2. The molecule has 1 heterocycles. The maximum atomic E-state index is 13.1. The Morgan fingerprint density at radius 3 is 2.40 bits per heavy atom.